The normalized spacial score (nSPS) is 17.1. The molecule has 0 radical (unpaired) electrons. The number of aryl methyl sites for hydroxylation is 1. The van der Waals surface area contributed by atoms with E-state index in [4.69, 9.17) is 9.15 Å². The van der Waals surface area contributed by atoms with Crippen LogP contribution >= 0.6 is 0 Å². The van der Waals surface area contributed by atoms with E-state index < -0.39 is 12.1 Å². The third-order valence-electron chi connectivity index (χ3n) is 6.38. The summed E-state index contributed by atoms with van der Waals surface area (Å²) in [4.78, 5) is 24.3. The Balaban J connectivity index is 1.33. The molecule has 2 atom stereocenters. The summed E-state index contributed by atoms with van der Waals surface area (Å²) in [6.07, 6.45) is 0.694. The minimum atomic E-state index is -0.639. The number of fused-ring (bicyclic) bond motifs is 2. The molecule has 2 heterocycles. The first-order chi connectivity index (χ1) is 17.0. The Morgan fingerprint density at radius 3 is 2.80 bits per heavy atom. The second kappa shape index (κ2) is 9.74. The quantitative estimate of drug-likeness (QED) is 0.464. The zero-order chi connectivity index (χ0) is 24.4. The summed E-state index contributed by atoms with van der Waals surface area (Å²) >= 11 is 0. The molecule has 0 saturated carbocycles. The van der Waals surface area contributed by atoms with E-state index in [2.05, 4.69) is 22.8 Å². The van der Waals surface area contributed by atoms with E-state index in [1.807, 2.05) is 48.5 Å². The number of carbonyl (C=O) groups is 1. The molecule has 1 amide bonds. The number of hydrogen-bond donors (Lipinski definition) is 2. The lowest BCUT2D eigenvalue weighted by atomic mass is 9.98. The predicted molar refractivity (Wildman–Crippen MR) is 133 cm³/mol. The summed E-state index contributed by atoms with van der Waals surface area (Å²) in [7, 11) is 1.69. The van der Waals surface area contributed by atoms with E-state index in [9.17, 15) is 14.9 Å². The SMILES string of the molecule is Cn1c(=O)oc2ccc(-c3ccc4cc(C[C@@H](C#N)NC(=O)[C@@H]5CNCCCO5)ccc4c3)cc21. The maximum atomic E-state index is 12.5. The van der Waals surface area contributed by atoms with Crippen LogP contribution in [0.5, 0.6) is 0 Å². The Hall–Kier alpha value is -3.93. The van der Waals surface area contributed by atoms with Crippen molar-refractivity contribution in [2.75, 3.05) is 19.7 Å². The van der Waals surface area contributed by atoms with E-state index in [-0.39, 0.29) is 11.7 Å². The number of nitrogens with one attached hydrogen (secondary N) is 2. The van der Waals surface area contributed by atoms with Crippen LogP contribution in [0.2, 0.25) is 0 Å². The number of benzene rings is 3. The van der Waals surface area contributed by atoms with Crippen LogP contribution < -0.4 is 16.4 Å². The number of carbonyl (C=O) groups excluding carboxylic acids is 1. The molecule has 0 spiro atoms. The van der Waals surface area contributed by atoms with Crippen molar-refractivity contribution in [1.29, 1.82) is 5.26 Å². The zero-order valence-corrected chi connectivity index (χ0v) is 19.4. The van der Waals surface area contributed by atoms with Gasteiger partial charge in [-0.15, -0.1) is 0 Å². The summed E-state index contributed by atoms with van der Waals surface area (Å²) in [5.41, 5.74) is 4.29. The average molecular weight is 471 g/mol. The second-order valence-electron chi connectivity index (χ2n) is 8.82. The Labute approximate surface area is 202 Å². The number of ether oxygens (including phenoxy) is 1. The van der Waals surface area contributed by atoms with Crippen molar-refractivity contribution in [3.05, 3.63) is 70.7 Å². The van der Waals surface area contributed by atoms with E-state index in [1.165, 1.54) is 4.57 Å². The average Bonchev–Trinajstić information content (AvgIpc) is 3.04. The number of oxazole rings is 1. The molecule has 0 bridgehead atoms. The van der Waals surface area contributed by atoms with Gasteiger partial charge in [-0.05, 0) is 58.6 Å². The van der Waals surface area contributed by atoms with E-state index >= 15 is 0 Å². The van der Waals surface area contributed by atoms with Crippen LogP contribution in [0.3, 0.4) is 0 Å². The van der Waals surface area contributed by atoms with Crippen molar-refractivity contribution in [3.8, 4) is 17.2 Å². The monoisotopic (exact) mass is 470 g/mol. The van der Waals surface area contributed by atoms with Gasteiger partial charge in [-0.25, -0.2) is 4.79 Å². The van der Waals surface area contributed by atoms with Crippen molar-refractivity contribution in [3.63, 3.8) is 0 Å². The highest BCUT2D eigenvalue weighted by Gasteiger charge is 2.23. The summed E-state index contributed by atoms with van der Waals surface area (Å²) in [6, 6.07) is 19.5. The van der Waals surface area contributed by atoms with Gasteiger partial charge in [0.1, 0.15) is 12.1 Å². The van der Waals surface area contributed by atoms with Gasteiger partial charge in [0.2, 0.25) is 0 Å². The zero-order valence-electron chi connectivity index (χ0n) is 19.4. The molecule has 3 aromatic carbocycles. The van der Waals surface area contributed by atoms with E-state index in [1.54, 1.807) is 7.05 Å². The molecule has 4 aromatic rings. The highest BCUT2D eigenvalue weighted by molar-refractivity contribution is 5.89. The Morgan fingerprint density at radius 1 is 1.17 bits per heavy atom. The third kappa shape index (κ3) is 4.83. The van der Waals surface area contributed by atoms with Crippen molar-refractivity contribution in [2.45, 2.75) is 25.0 Å². The van der Waals surface area contributed by atoms with Gasteiger partial charge in [0.15, 0.2) is 5.58 Å². The molecule has 8 nitrogen and oxygen atoms in total. The van der Waals surface area contributed by atoms with Crippen molar-refractivity contribution in [2.24, 2.45) is 7.05 Å². The molecule has 0 unspecified atom stereocenters. The van der Waals surface area contributed by atoms with Gasteiger partial charge in [0.25, 0.3) is 5.91 Å². The van der Waals surface area contributed by atoms with E-state index in [0.717, 1.165) is 45.9 Å². The standard InChI is InChI=1S/C27H26N4O4/c1-31-23-14-21(7-8-24(23)35-27(31)33)20-6-5-18-11-17(3-4-19(18)13-20)12-22(15-28)30-26(32)25-16-29-9-2-10-34-25/h3-8,11,13-14,22,25,29H,2,9-10,12,16H2,1H3,(H,30,32)/t22-,25-/m0/s1. The highest BCUT2D eigenvalue weighted by atomic mass is 16.5. The summed E-state index contributed by atoms with van der Waals surface area (Å²) in [5.74, 6) is -0.642. The van der Waals surface area contributed by atoms with Gasteiger partial charge in [0, 0.05) is 26.6 Å². The maximum absolute atomic E-state index is 12.5. The van der Waals surface area contributed by atoms with Crippen LogP contribution in [0.15, 0.2) is 63.8 Å². The topological polar surface area (TPSA) is 109 Å². The molecule has 2 N–H and O–H groups in total. The molecule has 1 fully saturated rings. The predicted octanol–water partition coefficient (Wildman–Crippen LogP) is 2.88. The largest absolute Gasteiger partial charge is 0.419 e. The lowest BCUT2D eigenvalue weighted by Gasteiger charge is -2.18. The van der Waals surface area contributed by atoms with Crippen molar-refractivity contribution in [1.82, 2.24) is 15.2 Å². The molecule has 35 heavy (non-hydrogen) atoms. The second-order valence-corrected chi connectivity index (χ2v) is 8.82. The first-order valence-electron chi connectivity index (χ1n) is 11.7. The molecule has 5 rings (SSSR count). The molecule has 1 aliphatic heterocycles. The maximum Gasteiger partial charge on any atom is 0.419 e. The van der Waals surface area contributed by atoms with Crippen LogP contribution in [0, 0.1) is 11.3 Å². The Kier molecular flexibility index (Phi) is 6.36. The number of aromatic nitrogens is 1. The minimum absolute atomic E-state index is 0.261. The Bertz CT molecular complexity index is 1490. The fourth-order valence-electron chi connectivity index (χ4n) is 4.42. The van der Waals surface area contributed by atoms with Crippen molar-refractivity contribution < 1.29 is 13.9 Å². The fourth-order valence-corrected chi connectivity index (χ4v) is 4.42. The number of nitrogens with zero attached hydrogens (tertiary/aromatic N) is 2. The number of nitriles is 1. The highest BCUT2D eigenvalue weighted by Crippen LogP contribution is 2.28. The van der Waals surface area contributed by atoms with Gasteiger partial charge in [-0.2, -0.15) is 5.26 Å². The molecule has 0 aliphatic carbocycles. The van der Waals surface area contributed by atoms with Crippen LogP contribution in [-0.2, 0) is 23.0 Å². The van der Waals surface area contributed by atoms with Gasteiger partial charge < -0.3 is 19.8 Å². The molecule has 8 heteroatoms. The van der Waals surface area contributed by atoms with Crippen LogP contribution in [0.4, 0.5) is 0 Å². The smallest absolute Gasteiger partial charge is 0.408 e. The fraction of sp³-hybridized carbons (Fsp3) is 0.296. The van der Waals surface area contributed by atoms with Crippen LogP contribution in [0.25, 0.3) is 33.0 Å². The van der Waals surface area contributed by atoms with Crippen LogP contribution in [-0.4, -0.2) is 42.3 Å². The molecule has 1 saturated heterocycles. The third-order valence-corrected chi connectivity index (χ3v) is 6.38. The van der Waals surface area contributed by atoms with Gasteiger partial charge >= 0.3 is 5.76 Å². The number of hydrogen-bond acceptors (Lipinski definition) is 6. The van der Waals surface area contributed by atoms with E-state index in [0.29, 0.717) is 25.2 Å². The number of rotatable bonds is 5. The molecular formula is C27H26N4O4. The first-order valence-corrected chi connectivity index (χ1v) is 11.7. The molecule has 1 aromatic heterocycles. The van der Waals surface area contributed by atoms with Crippen molar-refractivity contribution >= 4 is 27.8 Å². The van der Waals surface area contributed by atoms with Gasteiger partial charge in [-0.3, -0.25) is 9.36 Å². The Morgan fingerprint density at radius 2 is 1.94 bits per heavy atom. The van der Waals surface area contributed by atoms with Gasteiger partial charge in [-0.1, -0.05) is 36.4 Å². The number of amides is 1. The molecule has 1 aliphatic rings. The molecular weight excluding hydrogens is 444 g/mol. The van der Waals surface area contributed by atoms with Crippen LogP contribution in [0.1, 0.15) is 12.0 Å². The summed E-state index contributed by atoms with van der Waals surface area (Å²) in [6.45, 7) is 1.80. The summed E-state index contributed by atoms with van der Waals surface area (Å²) < 4.78 is 12.3. The lowest BCUT2D eigenvalue weighted by molar-refractivity contribution is -0.132. The lowest BCUT2D eigenvalue weighted by Crippen LogP contribution is -2.46. The summed E-state index contributed by atoms with van der Waals surface area (Å²) in [5, 5.41) is 17.7. The van der Waals surface area contributed by atoms with Gasteiger partial charge in [0.05, 0.1) is 11.6 Å². The first kappa shape index (κ1) is 22.8. The minimum Gasteiger partial charge on any atom is -0.408 e. The molecule has 178 valence electrons.